The summed E-state index contributed by atoms with van der Waals surface area (Å²) in [6, 6.07) is 9.18. The molecule has 0 saturated heterocycles. The van der Waals surface area contributed by atoms with E-state index in [9.17, 15) is 0 Å². The van der Waals surface area contributed by atoms with Crippen LogP contribution in [0.1, 0.15) is 25.5 Å². The Morgan fingerprint density at radius 3 is 2.62 bits per heavy atom. The minimum atomic E-state index is 0.0538. The molecule has 0 saturated carbocycles. The SMILES string of the molecule is COC(C)c1[c]cccc1NC(C)N(C)C. The van der Waals surface area contributed by atoms with Crippen LogP contribution < -0.4 is 5.32 Å². The van der Waals surface area contributed by atoms with Crippen molar-refractivity contribution in [2.24, 2.45) is 0 Å². The van der Waals surface area contributed by atoms with Crippen LogP contribution in [-0.2, 0) is 4.74 Å². The van der Waals surface area contributed by atoms with Crippen molar-refractivity contribution in [3.63, 3.8) is 0 Å². The summed E-state index contributed by atoms with van der Waals surface area (Å²) in [5.74, 6) is 0. The van der Waals surface area contributed by atoms with E-state index in [1.54, 1.807) is 7.11 Å². The minimum Gasteiger partial charge on any atom is -0.377 e. The third-order valence-electron chi connectivity index (χ3n) is 2.79. The zero-order valence-corrected chi connectivity index (χ0v) is 10.7. The van der Waals surface area contributed by atoms with E-state index >= 15 is 0 Å². The van der Waals surface area contributed by atoms with Gasteiger partial charge in [0.05, 0.1) is 12.3 Å². The zero-order valence-electron chi connectivity index (χ0n) is 10.7. The van der Waals surface area contributed by atoms with Gasteiger partial charge in [-0.25, -0.2) is 0 Å². The molecule has 0 aliphatic heterocycles. The molecule has 2 atom stereocenters. The van der Waals surface area contributed by atoms with Crippen molar-refractivity contribution in [1.29, 1.82) is 0 Å². The maximum absolute atomic E-state index is 5.33. The summed E-state index contributed by atoms with van der Waals surface area (Å²) < 4.78 is 5.33. The molecule has 0 bridgehead atoms. The standard InChI is InChI=1S/C13H21N2O/c1-10(16-5)12-8-6-7-9-13(12)14-11(2)15(3)4/h6-7,9-11,14H,1-5H3. The molecule has 3 nitrogen and oxygen atoms in total. The summed E-state index contributed by atoms with van der Waals surface area (Å²) in [7, 11) is 5.80. The van der Waals surface area contributed by atoms with E-state index in [-0.39, 0.29) is 12.3 Å². The highest BCUT2D eigenvalue weighted by Crippen LogP contribution is 2.24. The van der Waals surface area contributed by atoms with Crippen molar-refractivity contribution in [3.8, 4) is 0 Å². The van der Waals surface area contributed by atoms with E-state index in [1.165, 1.54) is 0 Å². The monoisotopic (exact) mass is 221 g/mol. The molecule has 1 rings (SSSR count). The molecular weight excluding hydrogens is 200 g/mol. The van der Waals surface area contributed by atoms with Crippen molar-refractivity contribution in [2.45, 2.75) is 26.1 Å². The van der Waals surface area contributed by atoms with Gasteiger partial charge in [-0.2, -0.15) is 0 Å². The number of methoxy groups -OCH3 is 1. The predicted octanol–water partition coefficient (Wildman–Crippen LogP) is 2.51. The number of nitrogens with one attached hydrogen (secondary N) is 1. The zero-order chi connectivity index (χ0) is 12.1. The fourth-order valence-corrected chi connectivity index (χ4v) is 1.38. The largest absolute Gasteiger partial charge is 0.377 e. The number of ether oxygens (including phenoxy) is 1. The fraction of sp³-hybridized carbons (Fsp3) is 0.538. The van der Waals surface area contributed by atoms with Gasteiger partial charge in [0.25, 0.3) is 0 Å². The first kappa shape index (κ1) is 13.0. The third-order valence-corrected chi connectivity index (χ3v) is 2.79. The predicted molar refractivity (Wildman–Crippen MR) is 67.5 cm³/mol. The van der Waals surface area contributed by atoms with Crippen LogP contribution in [0.15, 0.2) is 18.2 Å². The Hall–Kier alpha value is -1.06. The molecule has 1 radical (unpaired) electrons. The molecule has 89 valence electrons. The van der Waals surface area contributed by atoms with Crippen molar-refractivity contribution in [3.05, 3.63) is 29.8 Å². The van der Waals surface area contributed by atoms with Crippen LogP contribution in [0.25, 0.3) is 0 Å². The summed E-state index contributed by atoms with van der Waals surface area (Å²) in [6.07, 6.45) is 0.330. The topological polar surface area (TPSA) is 24.5 Å². The quantitative estimate of drug-likeness (QED) is 0.773. The van der Waals surface area contributed by atoms with E-state index in [1.807, 2.05) is 33.2 Å². The van der Waals surface area contributed by atoms with E-state index in [0.717, 1.165) is 11.3 Å². The summed E-state index contributed by atoms with van der Waals surface area (Å²) in [4.78, 5) is 2.12. The van der Waals surface area contributed by atoms with Gasteiger partial charge in [0.2, 0.25) is 0 Å². The van der Waals surface area contributed by atoms with Crippen LogP contribution in [-0.4, -0.2) is 32.3 Å². The molecule has 16 heavy (non-hydrogen) atoms. The lowest BCUT2D eigenvalue weighted by molar-refractivity contribution is 0.120. The second-order valence-electron chi connectivity index (χ2n) is 4.16. The van der Waals surface area contributed by atoms with Crippen LogP contribution in [0.4, 0.5) is 5.69 Å². The normalized spacial score (nSPS) is 14.9. The van der Waals surface area contributed by atoms with Gasteiger partial charge in [0, 0.05) is 18.4 Å². The summed E-state index contributed by atoms with van der Waals surface area (Å²) in [5.41, 5.74) is 2.15. The Morgan fingerprint density at radius 2 is 2.06 bits per heavy atom. The van der Waals surface area contributed by atoms with Gasteiger partial charge in [-0.15, -0.1) is 0 Å². The highest BCUT2D eigenvalue weighted by atomic mass is 16.5. The molecular formula is C13H21N2O. The van der Waals surface area contributed by atoms with Crippen LogP contribution in [0.3, 0.4) is 0 Å². The molecule has 3 heteroatoms. The van der Waals surface area contributed by atoms with Crippen molar-refractivity contribution in [1.82, 2.24) is 4.90 Å². The molecule has 1 aromatic rings. The lowest BCUT2D eigenvalue weighted by Crippen LogP contribution is -2.32. The van der Waals surface area contributed by atoms with Crippen molar-refractivity contribution >= 4 is 5.69 Å². The average molecular weight is 221 g/mol. The van der Waals surface area contributed by atoms with Gasteiger partial charge >= 0.3 is 0 Å². The van der Waals surface area contributed by atoms with E-state index in [2.05, 4.69) is 29.3 Å². The van der Waals surface area contributed by atoms with Crippen LogP contribution in [0.2, 0.25) is 0 Å². The molecule has 0 aliphatic rings. The third kappa shape index (κ3) is 3.22. The number of rotatable bonds is 5. The van der Waals surface area contributed by atoms with E-state index in [4.69, 9.17) is 4.74 Å². The molecule has 0 fully saturated rings. The molecule has 0 aromatic heterocycles. The minimum absolute atomic E-state index is 0.0538. The highest BCUT2D eigenvalue weighted by molar-refractivity contribution is 5.52. The summed E-state index contributed by atoms with van der Waals surface area (Å²) >= 11 is 0. The number of benzene rings is 1. The number of hydrogen-bond donors (Lipinski definition) is 1. The highest BCUT2D eigenvalue weighted by Gasteiger charge is 2.12. The molecule has 1 N–H and O–H groups in total. The maximum Gasteiger partial charge on any atom is 0.0819 e. The molecule has 0 aliphatic carbocycles. The van der Waals surface area contributed by atoms with Gasteiger partial charge in [-0.1, -0.05) is 12.1 Å². The number of hydrogen-bond acceptors (Lipinski definition) is 3. The maximum atomic E-state index is 5.33. The van der Waals surface area contributed by atoms with Crippen molar-refractivity contribution < 1.29 is 4.74 Å². The summed E-state index contributed by atoms with van der Waals surface area (Å²) in [6.45, 7) is 4.14. The Labute approximate surface area is 98.4 Å². The van der Waals surface area contributed by atoms with Gasteiger partial charge in [-0.05, 0) is 40.1 Å². The Kier molecular flexibility index (Phi) is 4.77. The summed E-state index contributed by atoms with van der Waals surface area (Å²) in [5, 5.41) is 3.44. The van der Waals surface area contributed by atoms with Crippen LogP contribution >= 0.6 is 0 Å². The molecule has 0 heterocycles. The smallest absolute Gasteiger partial charge is 0.0819 e. The lowest BCUT2D eigenvalue weighted by Gasteiger charge is -2.24. The van der Waals surface area contributed by atoms with Gasteiger partial charge in [0.1, 0.15) is 0 Å². The Bertz CT molecular complexity index is 325. The van der Waals surface area contributed by atoms with E-state index < -0.39 is 0 Å². The second-order valence-corrected chi connectivity index (χ2v) is 4.16. The lowest BCUT2D eigenvalue weighted by atomic mass is 10.1. The Morgan fingerprint density at radius 1 is 1.38 bits per heavy atom. The first-order chi connectivity index (χ1) is 7.56. The van der Waals surface area contributed by atoms with E-state index in [0.29, 0.717) is 0 Å². The number of nitrogens with zero attached hydrogens (tertiary/aromatic N) is 1. The van der Waals surface area contributed by atoms with Gasteiger partial charge < -0.3 is 10.1 Å². The molecule has 0 amide bonds. The number of anilines is 1. The second kappa shape index (κ2) is 5.87. The molecule has 2 unspecified atom stereocenters. The Balaban J connectivity index is 2.86. The van der Waals surface area contributed by atoms with Gasteiger partial charge in [-0.3, -0.25) is 4.90 Å². The molecule has 1 aromatic carbocycles. The van der Waals surface area contributed by atoms with Gasteiger partial charge in [0.15, 0.2) is 0 Å². The fourth-order valence-electron chi connectivity index (χ4n) is 1.38. The van der Waals surface area contributed by atoms with Crippen LogP contribution in [0, 0.1) is 6.07 Å². The average Bonchev–Trinajstić information content (AvgIpc) is 2.28. The van der Waals surface area contributed by atoms with Crippen molar-refractivity contribution in [2.75, 3.05) is 26.5 Å². The van der Waals surface area contributed by atoms with Crippen LogP contribution in [0.5, 0.6) is 0 Å². The first-order valence-electron chi connectivity index (χ1n) is 5.52. The molecule has 0 spiro atoms. The first-order valence-corrected chi connectivity index (χ1v) is 5.52.